The summed E-state index contributed by atoms with van der Waals surface area (Å²) in [6.45, 7) is 0.404. The van der Waals surface area contributed by atoms with E-state index in [1.165, 1.54) is 17.5 Å². The van der Waals surface area contributed by atoms with Crippen LogP contribution in [-0.2, 0) is 16.6 Å². The lowest BCUT2D eigenvalue weighted by Crippen LogP contribution is -2.25. The quantitative estimate of drug-likeness (QED) is 0.850. The standard InChI is InChI=1S/C12H11ClN2O4S2/c1-15(21(16,17)11-5-14-12(13)20-11)6-8-2-3-9-10(4-8)19-7-18-9/h2-5H,6-7H2,1H3. The Labute approximate surface area is 130 Å². The monoisotopic (exact) mass is 346 g/mol. The maximum absolute atomic E-state index is 12.4. The molecule has 0 saturated carbocycles. The Bertz CT molecular complexity index is 775. The third-order valence-electron chi connectivity index (χ3n) is 2.96. The highest BCUT2D eigenvalue weighted by molar-refractivity contribution is 7.91. The second kappa shape index (κ2) is 5.45. The minimum atomic E-state index is -3.60. The van der Waals surface area contributed by atoms with Crippen molar-refractivity contribution in [2.75, 3.05) is 13.8 Å². The van der Waals surface area contributed by atoms with Gasteiger partial charge in [0.05, 0.1) is 6.20 Å². The molecule has 0 bridgehead atoms. The van der Waals surface area contributed by atoms with Crippen LogP contribution in [0.2, 0.25) is 4.47 Å². The maximum Gasteiger partial charge on any atom is 0.254 e. The summed E-state index contributed by atoms with van der Waals surface area (Å²) in [5.41, 5.74) is 0.806. The molecule has 112 valence electrons. The zero-order valence-electron chi connectivity index (χ0n) is 10.9. The molecule has 0 radical (unpaired) electrons. The van der Waals surface area contributed by atoms with Crippen molar-refractivity contribution < 1.29 is 17.9 Å². The van der Waals surface area contributed by atoms with Crippen LogP contribution in [0.25, 0.3) is 0 Å². The molecule has 2 heterocycles. The van der Waals surface area contributed by atoms with Gasteiger partial charge >= 0.3 is 0 Å². The Morgan fingerprint density at radius 2 is 2.14 bits per heavy atom. The first-order chi connectivity index (χ1) is 9.96. The first-order valence-electron chi connectivity index (χ1n) is 5.93. The van der Waals surface area contributed by atoms with E-state index in [9.17, 15) is 8.42 Å². The topological polar surface area (TPSA) is 68.7 Å². The van der Waals surface area contributed by atoms with E-state index in [1.54, 1.807) is 18.2 Å². The summed E-state index contributed by atoms with van der Waals surface area (Å²) < 4.78 is 36.8. The molecule has 1 aromatic carbocycles. The van der Waals surface area contributed by atoms with Crippen molar-refractivity contribution in [2.24, 2.45) is 0 Å². The molecule has 0 fully saturated rings. The number of thiazole rings is 1. The van der Waals surface area contributed by atoms with Gasteiger partial charge in [-0.3, -0.25) is 0 Å². The molecule has 0 N–H and O–H groups in total. The molecule has 0 aliphatic carbocycles. The highest BCUT2D eigenvalue weighted by Crippen LogP contribution is 2.33. The number of halogens is 1. The van der Waals surface area contributed by atoms with Gasteiger partial charge in [0.1, 0.15) is 0 Å². The van der Waals surface area contributed by atoms with Crippen LogP contribution in [0.4, 0.5) is 0 Å². The minimum absolute atomic E-state index is 0.121. The van der Waals surface area contributed by atoms with E-state index in [4.69, 9.17) is 21.1 Å². The number of nitrogens with zero attached hydrogens (tertiary/aromatic N) is 2. The molecule has 9 heteroatoms. The number of benzene rings is 1. The van der Waals surface area contributed by atoms with Crippen LogP contribution in [0.1, 0.15) is 5.56 Å². The van der Waals surface area contributed by atoms with Gasteiger partial charge in [-0.2, -0.15) is 4.31 Å². The number of hydrogen-bond donors (Lipinski definition) is 0. The van der Waals surface area contributed by atoms with Crippen molar-refractivity contribution in [1.29, 1.82) is 0 Å². The molecule has 0 amide bonds. The number of fused-ring (bicyclic) bond motifs is 1. The van der Waals surface area contributed by atoms with Gasteiger partial charge in [0, 0.05) is 13.6 Å². The average Bonchev–Trinajstić information content (AvgIpc) is 3.06. The molecular formula is C12H11ClN2O4S2. The summed E-state index contributed by atoms with van der Waals surface area (Å²) in [5.74, 6) is 1.29. The molecule has 2 aromatic rings. The maximum atomic E-state index is 12.4. The van der Waals surface area contributed by atoms with Crippen molar-refractivity contribution in [3.05, 3.63) is 34.4 Å². The predicted octanol–water partition coefficient (Wildman–Crippen LogP) is 2.35. The normalized spacial score (nSPS) is 13.9. The fraction of sp³-hybridized carbons (Fsp3) is 0.250. The van der Waals surface area contributed by atoms with Gasteiger partial charge in [-0.25, -0.2) is 13.4 Å². The number of hydrogen-bond acceptors (Lipinski definition) is 6. The van der Waals surface area contributed by atoms with Crippen LogP contribution in [0.5, 0.6) is 11.5 Å². The zero-order chi connectivity index (χ0) is 15.0. The fourth-order valence-corrected chi connectivity index (χ4v) is 4.56. The van der Waals surface area contributed by atoms with Gasteiger partial charge < -0.3 is 9.47 Å². The van der Waals surface area contributed by atoms with Gasteiger partial charge in [-0.1, -0.05) is 29.0 Å². The lowest BCUT2D eigenvalue weighted by Gasteiger charge is -2.16. The van der Waals surface area contributed by atoms with Gasteiger partial charge in [-0.15, -0.1) is 0 Å². The molecule has 0 spiro atoms. The molecule has 21 heavy (non-hydrogen) atoms. The summed E-state index contributed by atoms with van der Waals surface area (Å²) in [6.07, 6.45) is 1.26. The van der Waals surface area contributed by atoms with Crippen LogP contribution in [0.15, 0.2) is 28.6 Å². The third kappa shape index (κ3) is 2.84. The number of rotatable bonds is 4. The SMILES string of the molecule is CN(Cc1ccc2c(c1)OCO2)S(=O)(=O)c1cnc(Cl)s1. The minimum Gasteiger partial charge on any atom is -0.454 e. The Balaban J connectivity index is 1.81. The van der Waals surface area contributed by atoms with Gasteiger partial charge in [0.15, 0.2) is 20.2 Å². The van der Waals surface area contributed by atoms with E-state index < -0.39 is 10.0 Å². The Morgan fingerprint density at radius 3 is 2.86 bits per heavy atom. The summed E-state index contributed by atoms with van der Waals surface area (Å²) >= 11 is 6.62. The van der Waals surface area contributed by atoms with Crippen LogP contribution in [0, 0.1) is 0 Å². The summed E-state index contributed by atoms with van der Waals surface area (Å²) in [5, 5.41) is 0. The first-order valence-corrected chi connectivity index (χ1v) is 8.56. The second-order valence-corrected chi connectivity index (χ2v) is 8.27. The highest BCUT2D eigenvalue weighted by Gasteiger charge is 2.24. The Hall–Kier alpha value is -1.35. The van der Waals surface area contributed by atoms with Gasteiger partial charge in [0.25, 0.3) is 10.0 Å². The number of ether oxygens (including phenoxy) is 2. The fourth-order valence-electron chi connectivity index (χ4n) is 1.89. The van der Waals surface area contributed by atoms with E-state index in [1.807, 2.05) is 0 Å². The van der Waals surface area contributed by atoms with Crippen molar-refractivity contribution >= 4 is 33.0 Å². The van der Waals surface area contributed by atoms with Gasteiger partial charge in [-0.05, 0) is 17.7 Å². The summed E-state index contributed by atoms with van der Waals surface area (Å²) in [4.78, 5) is 3.76. The summed E-state index contributed by atoms with van der Waals surface area (Å²) in [6, 6.07) is 5.34. The molecule has 1 aliphatic heterocycles. The Kier molecular flexibility index (Phi) is 3.78. The molecule has 1 aliphatic rings. The van der Waals surface area contributed by atoms with Crippen molar-refractivity contribution in [2.45, 2.75) is 10.8 Å². The van der Waals surface area contributed by atoms with Crippen molar-refractivity contribution in [1.82, 2.24) is 9.29 Å². The third-order valence-corrected chi connectivity index (χ3v) is 6.32. The molecule has 3 rings (SSSR count). The largest absolute Gasteiger partial charge is 0.454 e. The van der Waals surface area contributed by atoms with Crippen LogP contribution in [0.3, 0.4) is 0 Å². The smallest absolute Gasteiger partial charge is 0.254 e. The van der Waals surface area contributed by atoms with E-state index >= 15 is 0 Å². The van der Waals surface area contributed by atoms with Crippen LogP contribution in [-0.4, -0.2) is 31.5 Å². The van der Waals surface area contributed by atoms with E-state index in [-0.39, 0.29) is 22.0 Å². The zero-order valence-corrected chi connectivity index (χ0v) is 13.3. The summed E-state index contributed by atoms with van der Waals surface area (Å²) in [7, 11) is -2.09. The van der Waals surface area contributed by atoms with E-state index in [2.05, 4.69) is 4.98 Å². The second-order valence-electron chi connectivity index (χ2n) is 4.38. The van der Waals surface area contributed by atoms with Crippen molar-refractivity contribution in [3.63, 3.8) is 0 Å². The first kappa shape index (κ1) is 14.6. The average molecular weight is 347 g/mol. The van der Waals surface area contributed by atoms with Crippen molar-refractivity contribution in [3.8, 4) is 11.5 Å². The number of sulfonamides is 1. The molecular weight excluding hydrogens is 336 g/mol. The molecule has 0 unspecified atom stereocenters. The molecule has 0 saturated heterocycles. The molecule has 6 nitrogen and oxygen atoms in total. The van der Waals surface area contributed by atoms with E-state index in [0.717, 1.165) is 16.9 Å². The molecule has 1 aromatic heterocycles. The molecule has 0 atom stereocenters. The van der Waals surface area contributed by atoms with Crippen LogP contribution < -0.4 is 9.47 Å². The number of aromatic nitrogens is 1. The van der Waals surface area contributed by atoms with E-state index in [0.29, 0.717) is 11.5 Å². The lowest BCUT2D eigenvalue weighted by atomic mass is 10.2. The Morgan fingerprint density at radius 1 is 1.38 bits per heavy atom. The lowest BCUT2D eigenvalue weighted by molar-refractivity contribution is 0.174. The highest BCUT2D eigenvalue weighted by atomic mass is 35.5. The van der Waals surface area contributed by atoms with Gasteiger partial charge in [0.2, 0.25) is 6.79 Å². The predicted molar refractivity (Wildman–Crippen MR) is 78.3 cm³/mol. The van der Waals surface area contributed by atoms with Crippen LogP contribution >= 0.6 is 22.9 Å².